The van der Waals surface area contributed by atoms with Gasteiger partial charge in [0, 0.05) is 50.4 Å². The monoisotopic (exact) mass is 310 g/mol. The molecular weight excluding hydrogens is 288 g/mol. The van der Waals surface area contributed by atoms with E-state index in [-0.39, 0.29) is 11.5 Å². The maximum atomic E-state index is 12.2. The van der Waals surface area contributed by atoms with Crippen LogP contribution >= 0.6 is 0 Å². The Morgan fingerprint density at radius 1 is 0.913 bits per heavy atom. The lowest BCUT2D eigenvalue weighted by atomic mass is 10.1. The summed E-state index contributed by atoms with van der Waals surface area (Å²) < 4.78 is 0. The van der Waals surface area contributed by atoms with E-state index in [0.717, 1.165) is 32.7 Å². The number of aromatic hydroxyl groups is 1. The van der Waals surface area contributed by atoms with Gasteiger partial charge in [0.15, 0.2) is 5.78 Å². The van der Waals surface area contributed by atoms with Crippen molar-refractivity contribution in [2.75, 3.05) is 37.6 Å². The van der Waals surface area contributed by atoms with Crippen molar-refractivity contribution in [3.63, 3.8) is 0 Å². The molecule has 1 heterocycles. The van der Waals surface area contributed by atoms with Gasteiger partial charge in [-0.05, 0) is 36.4 Å². The van der Waals surface area contributed by atoms with Crippen LogP contribution in [0, 0.1) is 0 Å². The van der Waals surface area contributed by atoms with Crippen LogP contribution < -0.4 is 4.90 Å². The lowest BCUT2D eigenvalue weighted by molar-refractivity contribution is 0.0962. The summed E-state index contributed by atoms with van der Waals surface area (Å²) in [5.74, 6) is 0.328. The number of carbonyl (C=O) groups excluding carboxylic acids is 1. The second-order valence-electron chi connectivity index (χ2n) is 5.88. The molecule has 0 aromatic heterocycles. The van der Waals surface area contributed by atoms with Gasteiger partial charge in [0.1, 0.15) is 5.75 Å². The van der Waals surface area contributed by atoms with E-state index >= 15 is 0 Å². The van der Waals surface area contributed by atoms with E-state index in [1.54, 1.807) is 24.3 Å². The number of carbonyl (C=O) groups is 1. The molecule has 3 rings (SSSR count). The molecule has 120 valence electrons. The van der Waals surface area contributed by atoms with Crippen LogP contribution in [0.3, 0.4) is 0 Å². The van der Waals surface area contributed by atoms with Gasteiger partial charge in [0.2, 0.25) is 0 Å². The molecule has 2 aromatic rings. The van der Waals surface area contributed by atoms with Crippen LogP contribution in [0.25, 0.3) is 0 Å². The van der Waals surface area contributed by atoms with Crippen LogP contribution in [0.1, 0.15) is 16.8 Å². The first kappa shape index (κ1) is 15.6. The number of Topliss-reactive ketones (excluding diaryl/α,β-unsaturated/α-hetero) is 1. The Hall–Kier alpha value is -2.33. The zero-order valence-electron chi connectivity index (χ0n) is 13.2. The van der Waals surface area contributed by atoms with Crippen LogP contribution in [-0.4, -0.2) is 48.5 Å². The quantitative estimate of drug-likeness (QED) is 0.863. The van der Waals surface area contributed by atoms with Crippen LogP contribution in [0.15, 0.2) is 54.6 Å². The standard InChI is InChI=1S/C19H22N2O2/c22-18-8-6-16(7-9-18)19(23)10-11-20-12-14-21(15-13-20)17-4-2-1-3-5-17/h1-9,22H,10-15H2. The number of anilines is 1. The third-order valence-corrected chi connectivity index (χ3v) is 4.34. The fourth-order valence-electron chi connectivity index (χ4n) is 2.92. The van der Waals surface area contributed by atoms with E-state index in [9.17, 15) is 9.90 Å². The summed E-state index contributed by atoms with van der Waals surface area (Å²) in [7, 11) is 0. The van der Waals surface area contributed by atoms with Crippen molar-refractivity contribution < 1.29 is 9.90 Å². The Morgan fingerprint density at radius 3 is 2.22 bits per heavy atom. The zero-order valence-corrected chi connectivity index (χ0v) is 13.2. The van der Waals surface area contributed by atoms with Gasteiger partial charge in [-0.15, -0.1) is 0 Å². The average Bonchev–Trinajstić information content (AvgIpc) is 2.61. The summed E-state index contributed by atoms with van der Waals surface area (Å²) >= 11 is 0. The Balaban J connectivity index is 1.46. The van der Waals surface area contributed by atoms with E-state index in [0.29, 0.717) is 12.0 Å². The first-order chi connectivity index (χ1) is 11.2. The molecule has 0 bridgehead atoms. The highest BCUT2D eigenvalue weighted by molar-refractivity contribution is 5.96. The fourth-order valence-corrected chi connectivity index (χ4v) is 2.92. The Labute approximate surface area is 137 Å². The molecule has 4 nitrogen and oxygen atoms in total. The first-order valence-corrected chi connectivity index (χ1v) is 8.07. The summed E-state index contributed by atoms with van der Waals surface area (Å²) in [5.41, 5.74) is 1.94. The lowest BCUT2D eigenvalue weighted by Crippen LogP contribution is -2.46. The number of rotatable bonds is 5. The predicted molar refractivity (Wildman–Crippen MR) is 92.1 cm³/mol. The van der Waals surface area contributed by atoms with E-state index < -0.39 is 0 Å². The smallest absolute Gasteiger partial charge is 0.164 e. The topological polar surface area (TPSA) is 43.8 Å². The van der Waals surface area contributed by atoms with E-state index in [4.69, 9.17) is 0 Å². The third kappa shape index (κ3) is 4.11. The first-order valence-electron chi connectivity index (χ1n) is 8.07. The van der Waals surface area contributed by atoms with Crippen molar-refractivity contribution >= 4 is 11.5 Å². The summed E-state index contributed by atoms with van der Waals surface area (Å²) in [6.45, 7) is 4.76. The summed E-state index contributed by atoms with van der Waals surface area (Å²) in [6.07, 6.45) is 0.524. The van der Waals surface area contributed by atoms with Gasteiger partial charge < -0.3 is 10.0 Å². The highest BCUT2D eigenvalue weighted by Gasteiger charge is 2.17. The number of phenolic OH excluding ortho intramolecular Hbond substituents is 1. The number of hydrogen-bond donors (Lipinski definition) is 1. The Kier molecular flexibility index (Phi) is 4.93. The maximum Gasteiger partial charge on any atom is 0.164 e. The van der Waals surface area contributed by atoms with Gasteiger partial charge >= 0.3 is 0 Å². The zero-order chi connectivity index (χ0) is 16.1. The molecule has 23 heavy (non-hydrogen) atoms. The normalized spacial score (nSPS) is 15.6. The number of ketones is 1. The number of hydrogen-bond acceptors (Lipinski definition) is 4. The predicted octanol–water partition coefficient (Wildman–Crippen LogP) is 2.79. The Morgan fingerprint density at radius 2 is 1.57 bits per heavy atom. The number of benzene rings is 2. The molecule has 4 heteroatoms. The molecule has 0 unspecified atom stereocenters. The van der Waals surface area contributed by atoms with Gasteiger partial charge in [-0.2, -0.15) is 0 Å². The van der Waals surface area contributed by atoms with E-state index in [1.807, 2.05) is 6.07 Å². The molecule has 0 radical (unpaired) electrons. The van der Waals surface area contributed by atoms with Crippen molar-refractivity contribution in [3.05, 3.63) is 60.2 Å². The molecule has 1 aliphatic heterocycles. The summed E-state index contributed by atoms with van der Waals surface area (Å²) in [6, 6.07) is 17.0. The van der Waals surface area contributed by atoms with Crippen LogP contribution in [0.5, 0.6) is 5.75 Å². The maximum absolute atomic E-state index is 12.2. The molecule has 1 aliphatic rings. The second-order valence-corrected chi connectivity index (χ2v) is 5.88. The highest BCUT2D eigenvalue weighted by atomic mass is 16.3. The molecule has 0 aliphatic carbocycles. The number of piperazine rings is 1. The molecule has 0 atom stereocenters. The van der Waals surface area contributed by atoms with Crippen molar-refractivity contribution in [1.29, 1.82) is 0 Å². The van der Waals surface area contributed by atoms with Crippen molar-refractivity contribution in [3.8, 4) is 5.75 Å². The van der Waals surface area contributed by atoms with Crippen molar-refractivity contribution in [2.24, 2.45) is 0 Å². The summed E-state index contributed by atoms with van der Waals surface area (Å²) in [4.78, 5) is 16.9. The molecule has 0 amide bonds. The molecular formula is C19H22N2O2. The largest absolute Gasteiger partial charge is 0.508 e. The van der Waals surface area contributed by atoms with Gasteiger partial charge in [-0.1, -0.05) is 18.2 Å². The van der Waals surface area contributed by atoms with Gasteiger partial charge in [-0.25, -0.2) is 0 Å². The van der Waals surface area contributed by atoms with E-state index in [1.165, 1.54) is 5.69 Å². The van der Waals surface area contributed by atoms with E-state index in [2.05, 4.69) is 34.1 Å². The third-order valence-electron chi connectivity index (χ3n) is 4.34. The van der Waals surface area contributed by atoms with Crippen molar-refractivity contribution in [1.82, 2.24) is 4.90 Å². The van der Waals surface area contributed by atoms with Crippen molar-refractivity contribution in [2.45, 2.75) is 6.42 Å². The minimum atomic E-state index is 0.135. The number of phenols is 1. The van der Waals surface area contributed by atoms with Gasteiger partial charge in [-0.3, -0.25) is 9.69 Å². The summed E-state index contributed by atoms with van der Waals surface area (Å²) in [5, 5.41) is 9.27. The average molecular weight is 310 g/mol. The molecule has 1 saturated heterocycles. The molecule has 1 fully saturated rings. The molecule has 0 saturated carbocycles. The lowest BCUT2D eigenvalue weighted by Gasteiger charge is -2.36. The number of nitrogens with zero attached hydrogens (tertiary/aromatic N) is 2. The molecule has 2 aromatic carbocycles. The second kappa shape index (κ2) is 7.29. The highest BCUT2D eigenvalue weighted by Crippen LogP contribution is 2.16. The Bertz CT molecular complexity index is 632. The van der Waals surface area contributed by atoms with Gasteiger partial charge in [0.05, 0.1) is 0 Å². The molecule has 1 N–H and O–H groups in total. The minimum absolute atomic E-state index is 0.135. The number of para-hydroxylation sites is 1. The van der Waals surface area contributed by atoms with Crippen LogP contribution in [-0.2, 0) is 0 Å². The van der Waals surface area contributed by atoms with Gasteiger partial charge in [0.25, 0.3) is 0 Å². The molecule has 0 spiro atoms. The van der Waals surface area contributed by atoms with Crippen LogP contribution in [0.4, 0.5) is 5.69 Å². The van der Waals surface area contributed by atoms with Crippen LogP contribution in [0.2, 0.25) is 0 Å². The fraction of sp³-hybridized carbons (Fsp3) is 0.316. The minimum Gasteiger partial charge on any atom is -0.508 e. The SMILES string of the molecule is O=C(CCN1CCN(c2ccccc2)CC1)c1ccc(O)cc1.